The highest BCUT2D eigenvalue weighted by molar-refractivity contribution is 5.78. The molecule has 26 heavy (non-hydrogen) atoms. The normalized spacial score (nSPS) is 21.8. The Labute approximate surface area is 154 Å². The SMILES string of the molecule is CC(NC[C@@H]1CCCO[C@H]1c1nccn1C)c1ccc2ccccc2n1. The van der Waals surface area contributed by atoms with Gasteiger partial charge in [0.05, 0.1) is 11.2 Å². The molecule has 0 radical (unpaired) electrons. The molecule has 1 fully saturated rings. The minimum atomic E-state index is 0.0630. The van der Waals surface area contributed by atoms with Crippen LogP contribution in [0.2, 0.25) is 0 Å². The lowest BCUT2D eigenvalue weighted by molar-refractivity contribution is -0.0349. The van der Waals surface area contributed by atoms with Gasteiger partial charge < -0.3 is 14.6 Å². The maximum absolute atomic E-state index is 6.07. The van der Waals surface area contributed by atoms with E-state index in [1.165, 1.54) is 5.39 Å². The van der Waals surface area contributed by atoms with Crippen molar-refractivity contribution >= 4 is 10.9 Å². The number of aromatic nitrogens is 3. The summed E-state index contributed by atoms with van der Waals surface area (Å²) in [5, 5.41) is 4.84. The van der Waals surface area contributed by atoms with Crippen molar-refractivity contribution in [2.75, 3.05) is 13.2 Å². The maximum Gasteiger partial charge on any atom is 0.137 e. The molecule has 0 saturated carbocycles. The molecule has 1 aliphatic heterocycles. The van der Waals surface area contributed by atoms with Gasteiger partial charge in [-0.05, 0) is 31.9 Å². The molecule has 2 aromatic heterocycles. The van der Waals surface area contributed by atoms with Crippen LogP contribution >= 0.6 is 0 Å². The van der Waals surface area contributed by atoms with E-state index in [9.17, 15) is 0 Å². The standard InChI is InChI=1S/C21H26N4O/c1-15(18-10-9-16-6-3-4-8-19(16)24-18)23-14-17-7-5-13-26-20(17)21-22-11-12-25(21)2/h3-4,6,8-12,15,17,20,23H,5,7,13-14H2,1-2H3/t15?,17-,20+/m0/s1. The summed E-state index contributed by atoms with van der Waals surface area (Å²) in [6.45, 7) is 3.89. The van der Waals surface area contributed by atoms with Gasteiger partial charge >= 0.3 is 0 Å². The van der Waals surface area contributed by atoms with Crippen molar-refractivity contribution in [1.82, 2.24) is 19.9 Å². The first kappa shape index (κ1) is 17.2. The van der Waals surface area contributed by atoms with Crippen LogP contribution in [0.25, 0.3) is 10.9 Å². The summed E-state index contributed by atoms with van der Waals surface area (Å²) in [6, 6.07) is 12.7. The zero-order valence-electron chi connectivity index (χ0n) is 15.4. The van der Waals surface area contributed by atoms with Crippen LogP contribution in [0.5, 0.6) is 0 Å². The first-order chi connectivity index (χ1) is 12.7. The Morgan fingerprint density at radius 3 is 3.00 bits per heavy atom. The van der Waals surface area contributed by atoms with Gasteiger partial charge in [0.15, 0.2) is 0 Å². The number of ether oxygens (including phenoxy) is 1. The Morgan fingerprint density at radius 1 is 1.27 bits per heavy atom. The fourth-order valence-electron chi connectivity index (χ4n) is 3.74. The maximum atomic E-state index is 6.07. The molecule has 1 aliphatic rings. The summed E-state index contributed by atoms with van der Waals surface area (Å²) in [7, 11) is 2.03. The molecule has 3 heterocycles. The fraction of sp³-hybridized carbons (Fsp3) is 0.429. The predicted molar refractivity (Wildman–Crippen MR) is 103 cm³/mol. The second kappa shape index (κ2) is 7.56. The van der Waals surface area contributed by atoms with Crippen LogP contribution < -0.4 is 5.32 Å². The third-order valence-corrected chi connectivity index (χ3v) is 5.31. The average molecular weight is 350 g/mol. The van der Waals surface area contributed by atoms with E-state index in [2.05, 4.69) is 46.1 Å². The number of rotatable bonds is 5. The summed E-state index contributed by atoms with van der Waals surface area (Å²) >= 11 is 0. The highest BCUT2D eigenvalue weighted by Gasteiger charge is 2.30. The van der Waals surface area contributed by atoms with Gasteiger partial charge in [0.1, 0.15) is 11.9 Å². The number of hydrogen-bond acceptors (Lipinski definition) is 4. The summed E-state index contributed by atoms with van der Waals surface area (Å²) in [5.41, 5.74) is 2.12. The summed E-state index contributed by atoms with van der Waals surface area (Å²) in [6.07, 6.45) is 6.16. The fourth-order valence-corrected chi connectivity index (χ4v) is 3.74. The van der Waals surface area contributed by atoms with Crippen molar-refractivity contribution in [2.45, 2.75) is 31.9 Å². The van der Waals surface area contributed by atoms with E-state index < -0.39 is 0 Å². The average Bonchev–Trinajstić information content (AvgIpc) is 3.11. The van der Waals surface area contributed by atoms with E-state index in [4.69, 9.17) is 9.72 Å². The molecule has 3 aromatic rings. The van der Waals surface area contributed by atoms with Gasteiger partial charge in [0, 0.05) is 49.9 Å². The predicted octanol–water partition coefficient (Wildman–Crippen LogP) is 3.79. The quantitative estimate of drug-likeness (QED) is 0.761. The minimum absolute atomic E-state index is 0.0630. The van der Waals surface area contributed by atoms with E-state index in [1.807, 2.05) is 31.6 Å². The van der Waals surface area contributed by atoms with Crippen molar-refractivity contribution in [3.05, 3.63) is 60.3 Å². The van der Waals surface area contributed by atoms with Gasteiger partial charge in [0.25, 0.3) is 0 Å². The Kier molecular flexibility index (Phi) is 5.00. The Hall–Kier alpha value is -2.24. The molecule has 5 nitrogen and oxygen atoms in total. The smallest absolute Gasteiger partial charge is 0.137 e. The number of nitrogens with one attached hydrogen (secondary N) is 1. The topological polar surface area (TPSA) is 52.0 Å². The number of benzene rings is 1. The molecule has 5 heteroatoms. The number of aryl methyl sites for hydroxylation is 1. The Balaban J connectivity index is 1.45. The number of hydrogen-bond donors (Lipinski definition) is 1. The first-order valence-corrected chi connectivity index (χ1v) is 9.40. The molecule has 1 unspecified atom stereocenters. The van der Waals surface area contributed by atoms with Crippen molar-refractivity contribution in [3.63, 3.8) is 0 Å². The molecule has 3 atom stereocenters. The van der Waals surface area contributed by atoms with E-state index in [0.717, 1.165) is 43.0 Å². The minimum Gasteiger partial charge on any atom is -0.370 e. The summed E-state index contributed by atoms with van der Waals surface area (Å²) < 4.78 is 8.14. The molecule has 0 bridgehead atoms. The van der Waals surface area contributed by atoms with Gasteiger partial charge in [-0.2, -0.15) is 0 Å². The number of nitrogens with zero attached hydrogens (tertiary/aromatic N) is 3. The van der Waals surface area contributed by atoms with Crippen LogP contribution in [-0.4, -0.2) is 27.7 Å². The highest BCUT2D eigenvalue weighted by atomic mass is 16.5. The van der Waals surface area contributed by atoms with Crippen LogP contribution in [0.4, 0.5) is 0 Å². The number of imidazole rings is 1. The largest absolute Gasteiger partial charge is 0.370 e. The second-order valence-electron chi connectivity index (χ2n) is 7.15. The van der Waals surface area contributed by atoms with E-state index >= 15 is 0 Å². The van der Waals surface area contributed by atoms with E-state index in [1.54, 1.807) is 0 Å². The van der Waals surface area contributed by atoms with Crippen LogP contribution in [0.3, 0.4) is 0 Å². The molecular formula is C21H26N4O. The lowest BCUT2D eigenvalue weighted by Gasteiger charge is -2.32. The van der Waals surface area contributed by atoms with Crippen LogP contribution in [0.1, 0.15) is 43.4 Å². The van der Waals surface area contributed by atoms with Gasteiger partial charge in [-0.25, -0.2) is 4.98 Å². The third kappa shape index (κ3) is 3.50. The number of fused-ring (bicyclic) bond motifs is 1. The zero-order chi connectivity index (χ0) is 17.9. The molecule has 136 valence electrons. The Morgan fingerprint density at radius 2 is 2.15 bits per heavy atom. The van der Waals surface area contributed by atoms with Gasteiger partial charge in [0.2, 0.25) is 0 Å². The number of para-hydroxylation sites is 1. The molecule has 1 saturated heterocycles. The highest BCUT2D eigenvalue weighted by Crippen LogP contribution is 2.32. The molecule has 1 aromatic carbocycles. The second-order valence-corrected chi connectivity index (χ2v) is 7.15. The molecule has 0 amide bonds. The molecule has 4 rings (SSSR count). The lowest BCUT2D eigenvalue weighted by Crippen LogP contribution is -2.34. The van der Waals surface area contributed by atoms with Crippen LogP contribution in [-0.2, 0) is 11.8 Å². The van der Waals surface area contributed by atoms with Crippen LogP contribution in [0, 0.1) is 5.92 Å². The van der Waals surface area contributed by atoms with Crippen LogP contribution in [0.15, 0.2) is 48.8 Å². The van der Waals surface area contributed by atoms with Crippen molar-refractivity contribution in [2.24, 2.45) is 13.0 Å². The van der Waals surface area contributed by atoms with Gasteiger partial charge in [-0.1, -0.05) is 24.3 Å². The third-order valence-electron chi connectivity index (χ3n) is 5.31. The molecule has 0 spiro atoms. The number of pyridine rings is 1. The van der Waals surface area contributed by atoms with Crippen molar-refractivity contribution in [1.29, 1.82) is 0 Å². The molecule has 1 N–H and O–H groups in total. The van der Waals surface area contributed by atoms with E-state index in [0.29, 0.717) is 5.92 Å². The summed E-state index contributed by atoms with van der Waals surface area (Å²) in [4.78, 5) is 9.32. The van der Waals surface area contributed by atoms with Crippen molar-refractivity contribution in [3.8, 4) is 0 Å². The Bertz CT molecular complexity index is 875. The molecular weight excluding hydrogens is 324 g/mol. The van der Waals surface area contributed by atoms with Gasteiger partial charge in [-0.3, -0.25) is 4.98 Å². The van der Waals surface area contributed by atoms with Gasteiger partial charge in [-0.15, -0.1) is 0 Å². The van der Waals surface area contributed by atoms with E-state index in [-0.39, 0.29) is 12.1 Å². The van der Waals surface area contributed by atoms with Crippen molar-refractivity contribution < 1.29 is 4.74 Å². The monoisotopic (exact) mass is 350 g/mol. The summed E-state index contributed by atoms with van der Waals surface area (Å²) in [5.74, 6) is 1.45. The zero-order valence-corrected chi connectivity index (χ0v) is 15.4. The molecule has 0 aliphatic carbocycles. The lowest BCUT2D eigenvalue weighted by atomic mass is 9.93. The first-order valence-electron chi connectivity index (χ1n) is 9.40.